The maximum Gasteiger partial charge on any atom is 0.0708 e. The fourth-order valence-corrected chi connectivity index (χ4v) is 10.3. The van der Waals surface area contributed by atoms with Crippen LogP contribution >= 0.6 is 11.8 Å². The second kappa shape index (κ2) is 13.7. The van der Waals surface area contributed by atoms with Crippen molar-refractivity contribution >= 4 is 39.9 Å². The average molecular weight is 736 g/mol. The van der Waals surface area contributed by atoms with Gasteiger partial charge >= 0.3 is 0 Å². The monoisotopic (exact) mass is 735 g/mol. The molecule has 11 rings (SSSR count). The molecule has 56 heavy (non-hydrogen) atoms. The standard InChI is InChI=1S/C52H37N3S/c1-2-12-34(13-3-1)35-22-26-51-45(30-35)46-33-38(23-27-52(46)56-51)55-49-24-20-36(39-14-4-6-16-41(39)47-18-8-10-28-53-47)31-43(49)44-32-37(21-25-50(44)55)40-15-5-7-17-42(40)48-19-9-11-29-54-48/h1-20,22-24,26-33,45,51H,21,25H2. The largest absolute Gasteiger partial charge is 0.313 e. The first-order chi connectivity index (χ1) is 27.8. The smallest absolute Gasteiger partial charge is 0.0708 e. The molecule has 5 aromatic carbocycles. The van der Waals surface area contributed by atoms with Gasteiger partial charge in [-0.2, -0.15) is 0 Å². The highest BCUT2D eigenvalue weighted by atomic mass is 32.2. The second-order valence-corrected chi connectivity index (χ2v) is 16.0. The van der Waals surface area contributed by atoms with Crippen LogP contribution in [0.5, 0.6) is 0 Å². The van der Waals surface area contributed by atoms with Crippen molar-refractivity contribution in [1.29, 1.82) is 0 Å². The maximum atomic E-state index is 4.75. The van der Waals surface area contributed by atoms with Crippen LogP contribution in [0.15, 0.2) is 187 Å². The van der Waals surface area contributed by atoms with Crippen LogP contribution in [0, 0.1) is 0 Å². The van der Waals surface area contributed by atoms with Gasteiger partial charge in [-0.25, -0.2) is 0 Å². The third kappa shape index (κ3) is 5.60. The molecule has 2 aliphatic carbocycles. The molecule has 0 bridgehead atoms. The number of hydrogen-bond acceptors (Lipinski definition) is 3. The molecule has 4 heterocycles. The highest BCUT2D eigenvalue weighted by molar-refractivity contribution is 8.00. The molecule has 0 saturated heterocycles. The van der Waals surface area contributed by atoms with Gasteiger partial charge in [-0.1, -0.05) is 115 Å². The minimum absolute atomic E-state index is 0.331. The Kier molecular flexibility index (Phi) is 8.03. The Morgan fingerprint density at radius 3 is 2.04 bits per heavy atom. The summed E-state index contributed by atoms with van der Waals surface area (Å²) < 4.78 is 2.55. The molecule has 0 N–H and O–H groups in total. The summed E-state index contributed by atoms with van der Waals surface area (Å²) in [7, 11) is 0. The number of pyridine rings is 2. The highest BCUT2D eigenvalue weighted by Crippen LogP contribution is 2.51. The Balaban J connectivity index is 1.09. The Labute approximate surface area is 331 Å². The lowest BCUT2D eigenvalue weighted by atomic mass is 9.87. The van der Waals surface area contributed by atoms with Crippen LogP contribution in [0.4, 0.5) is 0 Å². The number of fused-ring (bicyclic) bond motifs is 6. The normalized spacial score (nSPS) is 16.9. The lowest BCUT2D eigenvalue weighted by molar-refractivity contribution is 0.869. The second-order valence-electron chi connectivity index (χ2n) is 14.8. The molecule has 0 radical (unpaired) electrons. The molecular weight excluding hydrogens is 699 g/mol. The van der Waals surface area contributed by atoms with Crippen molar-refractivity contribution in [3.8, 4) is 39.3 Å². The summed E-state index contributed by atoms with van der Waals surface area (Å²) in [5.74, 6) is 0.331. The first-order valence-electron chi connectivity index (χ1n) is 19.4. The van der Waals surface area contributed by atoms with Gasteiger partial charge in [-0.15, -0.1) is 11.8 Å². The van der Waals surface area contributed by atoms with Crippen LogP contribution < -0.4 is 0 Å². The van der Waals surface area contributed by atoms with Gasteiger partial charge in [-0.05, 0) is 112 Å². The third-order valence-electron chi connectivity index (χ3n) is 11.6. The molecule has 3 nitrogen and oxygen atoms in total. The molecule has 4 heteroatoms. The van der Waals surface area contributed by atoms with Crippen LogP contribution in [0.2, 0.25) is 0 Å². The van der Waals surface area contributed by atoms with Crippen molar-refractivity contribution in [2.24, 2.45) is 0 Å². The van der Waals surface area contributed by atoms with Crippen molar-refractivity contribution in [2.45, 2.75) is 28.9 Å². The van der Waals surface area contributed by atoms with Crippen molar-refractivity contribution < 1.29 is 0 Å². The minimum atomic E-state index is 0.331. The Morgan fingerprint density at radius 1 is 0.589 bits per heavy atom. The van der Waals surface area contributed by atoms with Crippen LogP contribution in [0.1, 0.15) is 40.3 Å². The summed E-state index contributed by atoms with van der Waals surface area (Å²) in [6, 6.07) is 54.7. The van der Waals surface area contributed by atoms with Gasteiger partial charge in [0.25, 0.3) is 0 Å². The van der Waals surface area contributed by atoms with Gasteiger partial charge < -0.3 is 4.57 Å². The zero-order valence-electron chi connectivity index (χ0n) is 30.7. The molecule has 8 aromatic rings. The zero-order chi connectivity index (χ0) is 37.0. The lowest BCUT2D eigenvalue weighted by Gasteiger charge is -2.21. The van der Waals surface area contributed by atoms with E-state index in [-0.39, 0.29) is 0 Å². The van der Waals surface area contributed by atoms with Gasteiger partial charge in [-0.3, -0.25) is 9.97 Å². The van der Waals surface area contributed by atoms with Gasteiger partial charge in [0, 0.05) is 61.9 Å². The van der Waals surface area contributed by atoms with Crippen LogP contribution in [0.3, 0.4) is 0 Å². The number of hydrogen-bond donors (Lipinski definition) is 0. The Hall–Kier alpha value is -6.49. The minimum Gasteiger partial charge on any atom is -0.313 e. The van der Waals surface area contributed by atoms with E-state index in [1.54, 1.807) is 0 Å². The van der Waals surface area contributed by atoms with E-state index in [1.807, 2.05) is 36.3 Å². The summed E-state index contributed by atoms with van der Waals surface area (Å²) >= 11 is 1.99. The first-order valence-corrected chi connectivity index (χ1v) is 20.3. The summed E-state index contributed by atoms with van der Waals surface area (Å²) in [4.78, 5) is 10.9. The molecule has 266 valence electrons. The number of allylic oxidation sites excluding steroid dienone is 4. The number of thioether (sulfide) groups is 1. The van der Waals surface area contributed by atoms with Crippen LogP contribution in [-0.2, 0) is 6.42 Å². The maximum absolute atomic E-state index is 4.75. The van der Waals surface area contributed by atoms with E-state index in [9.17, 15) is 0 Å². The molecule has 3 aromatic heterocycles. The van der Waals surface area contributed by atoms with E-state index < -0.39 is 0 Å². The van der Waals surface area contributed by atoms with Crippen molar-refractivity contribution in [3.63, 3.8) is 0 Å². The highest BCUT2D eigenvalue weighted by Gasteiger charge is 2.33. The number of aromatic nitrogens is 3. The van der Waals surface area contributed by atoms with E-state index in [4.69, 9.17) is 9.97 Å². The lowest BCUT2D eigenvalue weighted by Crippen LogP contribution is -2.10. The van der Waals surface area contributed by atoms with Crippen molar-refractivity contribution in [1.82, 2.24) is 14.5 Å². The molecule has 0 spiro atoms. The third-order valence-corrected chi connectivity index (χ3v) is 13.0. The van der Waals surface area contributed by atoms with Gasteiger partial charge in [0.15, 0.2) is 0 Å². The van der Waals surface area contributed by atoms with Crippen molar-refractivity contribution in [2.75, 3.05) is 0 Å². The van der Waals surface area contributed by atoms with E-state index >= 15 is 0 Å². The molecule has 2 atom stereocenters. The number of rotatable bonds is 6. The summed E-state index contributed by atoms with van der Waals surface area (Å²) in [5, 5.41) is 1.68. The summed E-state index contributed by atoms with van der Waals surface area (Å²) in [5.41, 5.74) is 18.4. The first kappa shape index (κ1) is 32.9. The number of nitrogens with zero attached hydrogens (tertiary/aromatic N) is 3. The predicted octanol–water partition coefficient (Wildman–Crippen LogP) is 13.1. The summed E-state index contributed by atoms with van der Waals surface area (Å²) in [6.07, 6.45) is 15.3. The fraction of sp³-hybridized carbons (Fsp3) is 0.0769. The Morgan fingerprint density at radius 2 is 1.29 bits per heavy atom. The van der Waals surface area contributed by atoms with E-state index in [0.29, 0.717) is 11.2 Å². The molecule has 1 aliphatic heterocycles. The molecule has 0 saturated carbocycles. The summed E-state index contributed by atoms with van der Waals surface area (Å²) in [6.45, 7) is 0. The van der Waals surface area contributed by atoms with E-state index in [0.717, 1.165) is 29.8 Å². The topological polar surface area (TPSA) is 30.7 Å². The molecule has 3 aliphatic rings. The van der Waals surface area contributed by atoms with E-state index in [1.165, 1.54) is 77.3 Å². The fourth-order valence-electron chi connectivity index (χ4n) is 8.99. The van der Waals surface area contributed by atoms with E-state index in [2.05, 4.69) is 168 Å². The molecule has 2 unspecified atom stereocenters. The quantitative estimate of drug-likeness (QED) is 0.170. The molecule has 0 amide bonds. The van der Waals surface area contributed by atoms with Gasteiger partial charge in [0.1, 0.15) is 0 Å². The SMILES string of the molecule is C1=CC2Sc3ccc(-n4c5c(c6cc(-c7ccccc7-c7ccccn7)ccc64)C=C(c4ccccc4-c4ccccn4)CC5)cc3C2C=C1c1ccccc1. The van der Waals surface area contributed by atoms with Crippen molar-refractivity contribution in [3.05, 3.63) is 210 Å². The molecular formula is C52H37N3S. The van der Waals surface area contributed by atoms with Crippen LogP contribution in [0.25, 0.3) is 67.5 Å². The average Bonchev–Trinajstić information content (AvgIpc) is 3.81. The van der Waals surface area contributed by atoms with Gasteiger partial charge in [0.05, 0.1) is 16.9 Å². The van der Waals surface area contributed by atoms with Gasteiger partial charge in [0.2, 0.25) is 0 Å². The predicted molar refractivity (Wildman–Crippen MR) is 234 cm³/mol. The Bertz CT molecular complexity index is 2880. The molecule has 0 fully saturated rings. The number of benzene rings is 5. The van der Waals surface area contributed by atoms with Crippen LogP contribution in [-0.4, -0.2) is 19.8 Å². The zero-order valence-corrected chi connectivity index (χ0v) is 31.5.